The summed E-state index contributed by atoms with van der Waals surface area (Å²) < 4.78 is 113. The monoisotopic (exact) mass is 278 g/mol. The molecule has 0 heterocycles. The third-order valence-corrected chi connectivity index (χ3v) is 1.71. The Labute approximate surface area is 89.5 Å². The van der Waals surface area contributed by atoms with Gasteiger partial charge in [0.25, 0.3) is 0 Å². The molecule has 0 aliphatic rings. The average Bonchev–Trinajstić information content (AvgIpc) is 1.97. The van der Waals surface area contributed by atoms with Gasteiger partial charge in [0.15, 0.2) is 6.86 Å². The zero-order valence-electron chi connectivity index (χ0n) is 8.22. The largest absolute Gasteiger partial charge is 0.395 e. The van der Waals surface area contributed by atoms with Gasteiger partial charge in [0.1, 0.15) is 6.42 Å². The number of hydrogen-bond donors (Lipinski definition) is 0. The molecule has 0 saturated heterocycles. The molecule has 1 atom stereocenters. The van der Waals surface area contributed by atoms with Crippen LogP contribution in [0.5, 0.6) is 0 Å². The summed E-state index contributed by atoms with van der Waals surface area (Å²) >= 11 is 0. The van der Waals surface area contributed by atoms with Gasteiger partial charge in [0.05, 0.1) is 0 Å². The van der Waals surface area contributed by atoms with Crippen molar-refractivity contribution in [3.63, 3.8) is 0 Å². The summed E-state index contributed by atoms with van der Waals surface area (Å²) in [5.74, 6) is -16.0. The quantitative estimate of drug-likeness (QED) is 0.694. The van der Waals surface area contributed by atoms with Gasteiger partial charge in [-0.15, -0.1) is 0 Å². The Kier molecular flexibility index (Phi) is 4.36. The molecule has 0 saturated carbocycles. The first-order valence-corrected chi connectivity index (χ1v) is 3.98. The number of rotatable bonds is 5. The van der Waals surface area contributed by atoms with Crippen molar-refractivity contribution < 1.29 is 44.3 Å². The maximum absolute atomic E-state index is 13.1. The van der Waals surface area contributed by atoms with Gasteiger partial charge in [-0.2, -0.15) is 26.3 Å². The van der Waals surface area contributed by atoms with Crippen LogP contribution in [0.1, 0.15) is 13.3 Å². The van der Waals surface area contributed by atoms with Gasteiger partial charge in [-0.25, -0.2) is 13.2 Å². The zero-order valence-corrected chi connectivity index (χ0v) is 8.22. The van der Waals surface area contributed by atoms with Gasteiger partial charge in [-0.3, -0.25) is 0 Å². The Balaban J connectivity index is 5.32. The molecule has 0 amide bonds. The fraction of sp³-hybridized carbons (Fsp3) is 1.00. The fourth-order valence-electron chi connectivity index (χ4n) is 0.994. The van der Waals surface area contributed by atoms with E-state index in [-0.39, 0.29) is 0 Å². The minimum absolute atomic E-state index is 0.438. The fourth-order valence-corrected chi connectivity index (χ4v) is 0.994. The minimum atomic E-state index is -5.63. The standard InChI is InChI=1S/C7H7F9O/c1-4(9,10)7(16,17-3-8)5(11,12)2-6(13,14)15/h2-3H2,1H3. The lowest BCUT2D eigenvalue weighted by Gasteiger charge is -2.36. The molecule has 0 fully saturated rings. The van der Waals surface area contributed by atoms with Crippen LogP contribution in [-0.4, -0.2) is 30.7 Å². The summed E-state index contributed by atoms with van der Waals surface area (Å²) in [6, 6.07) is 0. The number of halogens is 9. The predicted octanol–water partition coefficient (Wildman–Crippen LogP) is 3.84. The lowest BCUT2D eigenvalue weighted by Crippen LogP contribution is -2.59. The molecule has 17 heavy (non-hydrogen) atoms. The molecular formula is C7H7F9O. The van der Waals surface area contributed by atoms with Crippen molar-refractivity contribution >= 4 is 0 Å². The molecule has 1 unspecified atom stereocenters. The molecule has 0 spiro atoms. The Morgan fingerprint density at radius 1 is 0.882 bits per heavy atom. The second-order valence-corrected chi connectivity index (χ2v) is 3.23. The zero-order chi connectivity index (χ0) is 14.1. The molecule has 0 rings (SSSR count). The van der Waals surface area contributed by atoms with Crippen LogP contribution >= 0.6 is 0 Å². The molecule has 104 valence electrons. The average molecular weight is 278 g/mol. The number of hydrogen-bond acceptors (Lipinski definition) is 1. The molecular weight excluding hydrogens is 271 g/mol. The van der Waals surface area contributed by atoms with Gasteiger partial charge in [-0.05, 0) is 0 Å². The SMILES string of the molecule is CC(F)(F)C(F)(OCF)C(F)(F)CC(F)(F)F. The molecule has 0 aromatic heterocycles. The minimum Gasteiger partial charge on any atom is -0.305 e. The highest BCUT2D eigenvalue weighted by Gasteiger charge is 2.71. The van der Waals surface area contributed by atoms with E-state index in [9.17, 15) is 39.5 Å². The molecule has 1 nitrogen and oxygen atoms in total. The maximum Gasteiger partial charge on any atom is 0.395 e. The van der Waals surface area contributed by atoms with Crippen LogP contribution in [0.25, 0.3) is 0 Å². The van der Waals surface area contributed by atoms with Crippen molar-refractivity contribution in [3.8, 4) is 0 Å². The third kappa shape index (κ3) is 3.65. The summed E-state index contributed by atoms with van der Waals surface area (Å²) in [6.45, 7) is -2.86. The summed E-state index contributed by atoms with van der Waals surface area (Å²) in [7, 11) is 0. The van der Waals surface area contributed by atoms with E-state index in [1.807, 2.05) is 0 Å². The van der Waals surface area contributed by atoms with Crippen molar-refractivity contribution in [2.75, 3.05) is 6.86 Å². The molecule has 0 aliphatic heterocycles. The first kappa shape index (κ1) is 16.3. The normalized spacial score (nSPS) is 18.0. The summed E-state index contributed by atoms with van der Waals surface area (Å²) in [6.07, 6.45) is -8.81. The highest BCUT2D eigenvalue weighted by molar-refractivity contribution is 4.96. The highest BCUT2D eigenvalue weighted by Crippen LogP contribution is 2.49. The molecule has 10 heteroatoms. The van der Waals surface area contributed by atoms with E-state index < -0.39 is 44.1 Å². The van der Waals surface area contributed by atoms with Crippen LogP contribution in [0, 0.1) is 0 Å². The van der Waals surface area contributed by atoms with Crippen LogP contribution in [-0.2, 0) is 4.74 Å². The molecule has 0 N–H and O–H groups in total. The van der Waals surface area contributed by atoms with Crippen molar-refractivity contribution in [1.82, 2.24) is 0 Å². The van der Waals surface area contributed by atoms with Crippen molar-refractivity contribution in [3.05, 3.63) is 0 Å². The van der Waals surface area contributed by atoms with E-state index in [0.717, 1.165) is 0 Å². The second kappa shape index (κ2) is 4.54. The van der Waals surface area contributed by atoms with Crippen molar-refractivity contribution in [2.45, 2.75) is 37.2 Å². The van der Waals surface area contributed by atoms with Crippen LogP contribution in [0.4, 0.5) is 39.5 Å². The molecule has 0 bridgehead atoms. The molecule has 0 aromatic carbocycles. The molecule has 0 aliphatic carbocycles. The molecule has 0 radical (unpaired) electrons. The first-order chi connectivity index (χ1) is 7.27. The number of ether oxygens (including phenoxy) is 1. The third-order valence-electron chi connectivity index (χ3n) is 1.71. The Bertz CT molecular complexity index is 255. The van der Waals surface area contributed by atoms with E-state index in [0.29, 0.717) is 0 Å². The number of alkyl halides is 9. The Morgan fingerprint density at radius 3 is 1.53 bits per heavy atom. The van der Waals surface area contributed by atoms with Gasteiger partial charge in [0, 0.05) is 6.92 Å². The lowest BCUT2D eigenvalue weighted by molar-refractivity contribution is -0.379. The van der Waals surface area contributed by atoms with Crippen LogP contribution < -0.4 is 0 Å². The van der Waals surface area contributed by atoms with Crippen molar-refractivity contribution in [1.29, 1.82) is 0 Å². The van der Waals surface area contributed by atoms with Gasteiger partial charge in [-0.1, -0.05) is 0 Å². The van der Waals surface area contributed by atoms with E-state index in [4.69, 9.17) is 0 Å². The summed E-state index contributed by atoms with van der Waals surface area (Å²) in [5.41, 5.74) is 0. The Morgan fingerprint density at radius 2 is 1.29 bits per heavy atom. The molecule has 0 aromatic rings. The Hall–Kier alpha value is -0.670. The lowest BCUT2D eigenvalue weighted by atomic mass is 10.0. The highest BCUT2D eigenvalue weighted by atomic mass is 19.4. The van der Waals surface area contributed by atoms with Crippen LogP contribution in [0.15, 0.2) is 0 Å². The summed E-state index contributed by atoms with van der Waals surface area (Å²) in [4.78, 5) is 0. The van der Waals surface area contributed by atoms with Crippen LogP contribution in [0.2, 0.25) is 0 Å². The van der Waals surface area contributed by atoms with Crippen LogP contribution in [0.3, 0.4) is 0 Å². The predicted molar refractivity (Wildman–Crippen MR) is 37.1 cm³/mol. The van der Waals surface area contributed by atoms with Crippen molar-refractivity contribution in [2.24, 2.45) is 0 Å². The smallest absolute Gasteiger partial charge is 0.305 e. The maximum atomic E-state index is 13.1. The van der Waals surface area contributed by atoms with Gasteiger partial charge >= 0.3 is 23.9 Å². The van der Waals surface area contributed by atoms with Gasteiger partial charge < -0.3 is 4.74 Å². The second-order valence-electron chi connectivity index (χ2n) is 3.23. The van der Waals surface area contributed by atoms with E-state index >= 15 is 0 Å². The first-order valence-electron chi connectivity index (χ1n) is 3.98. The van der Waals surface area contributed by atoms with E-state index in [1.165, 1.54) is 0 Å². The van der Waals surface area contributed by atoms with E-state index in [2.05, 4.69) is 4.74 Å². The van der Waals surface area contributed by atoms with Gasteiger partial charge in [0.2, 0.25) is 0 Å². The summed E-state index contributed by atoms with van der Waals surface area (Å²) in [5, 5.41) is 0. The van der Waals surface area contributed by atoms with E-state index in [1.54, 1.807) is 0 Å². The topological polar surface area (TPSA) is 9.23 Å².